The number of hydrogen-bond acceptors (Lipinski definition) is 4. The van der Waals surface area contributed by atoms with E-state index in [-0.39, 0.29) is 11.9 Å². The molecule has 1 heterocycles. The van der Waals surface area contributed by atoms with Crippen molar-refractivity contribution in [1.82, 2.24) is 10.6 Å². The molecule has 1 saturated heterocycles. The number of amides is 1. The molecule has 3 atom stereocenters. The lowest BCUT2D eigenvalue weighted by atomic mass is 9.85. The van der Waals surface area contributed by atoms with Gasteiger partial charge in [0.15, 0.2) is 0 Å². The largest absolute Gasteiger partial charge is 0.497 e. The number of fused-ring (bicyclic) bond motifs is 1. The summed E-state index contributed by atoms with van der Waals surface area (Å²) in [5.41, 5.74) is 0.926. The summed E-state index contributed by atoms with van der Waals surface area (Å²) in [6.45, 7) is 0.451. The van der Waals surface area contributed by atoms with Gasteiger partial charge in [0.05, 0.1) is 20.3 Å². The minimum absolute atomic E-state index is 0.0558. The predicted molar refractivity (Wildman–Crippen MR) is 88.7 cm³/mol. The van der Waals surface area contributed by atoms with Gasteiger partial charge < -0.3 is 20.1 Å². The van der Waals surface area contributed by atoms with Crippen LogP contribution in [0.4, 0.5) is 0 Å². The molecule has 1 saturated carbocycles. The van der Waals surface area contributed by atoms with Gasteiger partial charge in [-0.1, -0.05) is 12.8 Å². The first-order valence-electron chi connectivity index (χ1n) is 8.46. The summed E-state index contributed by atoms with van der Waals surface area (Å²) in [6.07, 6.45) is 6.01. The average Bonchev–Trinajstić information content (AvgIpc) is 3.03. The summed E-state index contributed by atoms with van der Waals surface area (Å²) in [7, 11) is 3.27. The fourth-order valence-electron chi connectivity index (χ4n) is 3.85. The zero-order valence-electron chi connectivity index (χ0n) is 13.9. The van der Waals surface area contributed by atoms with Crippen LogP contribution in [0.1, 0.15) is 37.7 Å². The zero-order valence-corrected chi connectivity index (χ0v) is 13.9. The van der Waals surface area contributed by atoms with Crippen molar-refractivity contribution >= 4 is 5.91 Å². The standard InChI is InChI=1S/C18H26N2O3/c1-22-14-7-8-17(23-2)13(9-14)11-19-18(21)16-10-12-5-3-4-6-15(12)20-16/h7-9,12,15-16,20H,3-6,10-11H2,1-2H3,(H,19,21). The minimum atomic E-state index is -0.0558. The van der Waals surface area contributed by atoms with Gasteiger partial charge in [0.2, 0.25) is 5.91 Å². The quantitative estimate of drug-likeness (QED) is 0.874. The molecule has 3 unspecified atom stereocenters. The molecule has 1 amide bonds. The third-order valence-corrected chi connectivity index (χ3v) is 5.12. The Bertz CT molecular complexity index is 547. The minimum Gasteiger partial charge on any atom is -0.497 e. The molecule has 126 valence electrons. The molecule has 0 spiro atoms. The maximum absolute atomic E-state index is 12.5. The molecule has 5 heteroatoms. The maximum atomic E-state index is 12.5. The lowest BCUT2D eigenvalue weighted by molar-refractivity contribution is -0.123. The monoisotopic (exact) mass is 318 g/mol. The van der Waals surface area contributed by atoms with Crippen LogP contribution in [0.3, 0.4) is 0 Å². The second kappa shape index (κ2) is 7.21. The van der Waals surface area contributed by atoms with Crippen LogP contribution in [0, 0.1) is 5.92 Å². The highest BCUT2D eigenvalue weighted by Crippen LogP contribution is 2.33. The van der Waals surface area contributed by atoms with E-state index in [0.29, 0.717) is 18.5 Å². The van der Waals surface area contributed by atoms with Crippen LogP contribution in [0.25, 0.3) is 0 Å². The zero-order chi connectivity index (χ0) is 16.2. The van der Waals surface area contributed by atoms with Crippen molar-refractivity contribution < 1.29 is 14.3 Å². The van der Waals surface area contributed by atoms with E-state index in [1.807, 2.05) is 18.2 Å². The smallest absolute Gasteiger partial charge is 0.237 e. The molecule has 1 aliphatic carbocycles. The average molecular weight is 318 g/mol. The Hall–Kier alpha value is -1.75. The first-order valence-corrected chi connectivity index (χ1v) is 8.46. The molecule has 5 nitrogen and oxygen atoms in total. The summed E-state index contributed by atoms with van der Waals surface area (Å²) >= 11 is 0. The van der Waals surface area contributed by atoms with Gasteiger partial charge in [0.25, 0.3) is 0 Å². The van der Waals surface area contributed by atoms with Crippen LogP contribution in [0.5, 0.6) is 11.5 Å². The van der Waals surface area contributed by atoms with Crippen LogP contribution in [-0.4, -0.2) is 32.2 Å². The SMILES string of the molecule is COc1ccc(OC)c(CNC(=O)C2CC3CCCCC3N2)c1. The molecule has 0 bridgehead atoms. The van der Waals surface area contributed by atoms with E-state index in [9.17, 15) is 4.79 Å². The second-order valence-corrected chi connectivity index (χ2v) is 6.50. The Balaban J connectivity index is 1.59. The van der Waals surface area contributed by atoms with E-state index in [1.165, 1.54) is 25.7 Å². The van der Waals surface area contributed by atoms with Gasteiger partial charge in [-0.25, -0.2) is 0 Å². The van der Waals surface area contributed by atoms with Gasteiger partial charge in [-0.3, -0.25) is 4.79 Å². The summed E-state index contributed by atoms with van der Waals surface area (Å²) in [5, 5.41) is 6.55. The second-order valence-electron chi connectivity index (χ2n) is 6.50. The van der Waals surface area contributed by atoms with Gasteiger partial charge >= 0.3 is 0 Å². The van der Waals surface area contributed by atoms with Gasteiger partial charge in [0, 0.05) is 18.2 Å². The molecule has 1 aliphatic heterocycles. The number of rotatable bonds is 5. The molecular weight excluding hydrogens is 292 g/mol. The highest BCUT2D eigenvalue weighted by atomic mass is 16.5. The van der Waals surface area contributed by atoms with Crippen LogP contribution >= 0.6 is 0 Å². The van der Waals surface area contributed by atoms with E-state index in [4.69, 9.17) is 9.47 Å². The van der Waals surface area contributed by atoms with Crippen molar-refractivity contribution in [3.05, 3.63) is 23.8 Å². The molecule has 0 radical (unpaired) electrons. The summed E-state index contributed by atoms with van der Waals surface area (Å²) in [5.74, 6) is 2.29. The van der Waals surface area contributed by atoms with E-state index >= 15 is 0 Å². The number of hydrogen-bond donors (Lipinski definition) is 2. The molecule has 23 heavy (non-hydrogen) atoms. The van der Waals surface area contributed by atoms with Crippen molar-refractivity contribution in [2.45, 2.75) is 50.7 Å². The predicted octanol–water partition coefficient (Wildman–Crippen LogP) is 2.24. The van der Waals surface area contributed by atoms with Gasteiger partial charge in [-0.15, -0.1) is 0 Å². The van der Waals surface area contributed by atoms with Crippen molar-refractivity contribution in [3.8, 4) is 11.5 Å². The van der Waals surface area contributed by atoms with Crippen LogP contribution < -0.4 is 20.1 Å². The van der Waals surface area contributed by atoms with Crippen LogP contribution in [0.2, 0.25) is 0 Å². The third-order valence-electron chi connectivity index (χ3n) is 5.12. The van der Waals surface area contributed by atoms with E-state index in [2.05, 4.69) is 10.6 Å². The molecule has 3 rings (SSSR count). The van der Waals surface area contributed by atoms with E-state index in [1.54, 1.807) is 14.2 Å². The van der Waals surface area contributed by atoms with Crippen LogP contribution in [-0.2, 0) is 11.3 Å². The summed E-state index contributed by atoms with van der Waals surface area (Å²) in [6, 6.07) is 6.10. The fourth-order valence-corrected chi connectivity index (χ4v) is 3.85. The molecule has 1 aromatic rings. The van der Waals surface area contributed by atoms with Crippen molar-refractivity contribution in [1.29, 1.82) is 0 Å². The molecule has 0 aromatic heterocycles. The summed E-state index contributed by atoms with van der Waals surface area (Å²) in [4.78, 5) is 12.5. The Morgan fingerprint density at radius 2 is 2.09 bits per heavy atom. The highest BCUT2D eigenvalue weighted by molar-refractivity contribution is 5.82. The Labute approximate surface area is 137 Å². The first kappa shape index (κ1) is 16.1. The number of ether oxygens (including phenoxy) is 2. The number of carbonyl (C=O) groups is 1. The number of benzene rings is 1. The van der Waals surface area contributed by atoms with Crippen molar-refractivity contribution in [2.24, 2.45) is 5.92 Å². The molecule has 2 fully saturated rings. The lowest BCUT2D eigenvalue weighted by Crippen LogP contribution is -2.42. The lowest BCUT2D eigenvalue weighted by Gasteiger charge is -2.24. The molecule has 1 aromatic carbocycles. The van der Waals surface area contributed by atoms with Crippen molar-refractivity contribution in [3.63, 3.8) is 0 Å². The van der Waals surface area contributed by atoms with Gasteiger partial charge in [-0.2, -0.15) is 0 Å². The topological polar surface area (TPSA) is 59.6 Å². The normalized spacial score (nSPS) is 26.4. The Morgan fingerprint density at radius 1 is 1.26 bits per heavy atom. The number of nitrogens with one attached hydrogen (secondary N) is 2. The molecular formula is C18H26N2O3. The summed E-state index contributed by atoms with van der Waals surface area (Å²) < 4.78 is 10.6. The van der Waals surface area contributed by atoms with E-state index in [0.717, 1.165) is 23.5 Å². The number of methoxy groups -OCH3 is 2. The van der Waals surface area contributed by atoms with Gasteiger partial charge in [0.1, 0.15) is 11.5 Å². The first-order chi connectivity index (χ1) is 11.2. The Kier molecular flexibility index (Phi) is 5.06. The van der Waals surface area contributed by atoms with Crippen molar-refractivity contribution in [2.75, 3.05) is 14.2 Å². The Morgan fingerprint density at radius 3 is 2.83 bits per heavy atom. The maximum Gasteiger partial charge on any atom is 0.237 e. The highest BCUT2D eigenvalue weighted by Gasteiger charge is 2.38. The molecule has 2 N–H and O–H groups in total. The fraction of sp³-hybridized carbons (Fsp3) is 0.611. The van der Waals surface area contributed by atoms with Gasteiger partial charge in [-0.05, 0) is 43.4 Å². The number of carbonyl (C=O) groups excluding carboxylic acids is 1. The van der Waals surface area contributed by atoms with Crippen LogP contribution in [0.15, 0.2) is 18.2 Å². The third kappa shape index (κ3) is 3.61. The van der Waals surface area contributed by atoms with E-state index < -0.39 is 0 Å². The molecule has 2 aliphatic rings.